The van der Waals surface area contributed by atoms with Crippen LogP contribution in [0.5, 0.6) is 11.5 Å². The molecule has 2 bridgehead atoms. The minimum atomic E-state index is -1.06. The third-order valence-electron chi connectivity index (χ3n) is 5.98. The predicted molar refractivity (Wildman–Crippen MR) is 78.3 cm³/mol. The highest BCUT2D eigenvalue weighted by Gasteiger charge is 2.74. The van der Waals surface area contributed by atoms with Crippen molar-refractivity contribution < 1.29 is 19.4 Å². The van der Waals surface area contributed by atoms with E-state index in [0.717, 1.165) is 17.5 Å². The summed E-state index contributed by atoms with van der Waals surface area (Å²) in [6, 6.07) is 3.90. The number of ketones is 1. The number of benzene rings is 1. The van der Waals surface area contributed by atoms with Crippen LogP contribution < -0.4 is 9.47 Å². The molecule has 0 amide bonds. The molecule has 2 heterocycles. The molecular formula is C17H17NO4. The monoisotopic (exact) mass is 299 g/mol. The lowest BCUT2D eigenvalue weighted by Crippen LogP contribution is -2.64. The zero-order valence-corrected chi connectivity index (χ0v) is 12.5. The second-order valence-corrected chi connectivity index (χ2v) is 6.80. The molecule has 1 saturated heterocycles. The van der Waals surface area contributed by atoms with Gasteiger partial charge in [-0.3, -0.25) is 9.69 Å². The molecule has 2 aliphatic heterocycles. The molecule has 22 heavy (non-hydrogen) atoms. The number of carbonyl (C=O) groups excluding carboxylic acids is 1. The first-order valence-corrected chi connectivity index (χ1v) is 7.55. The van der Waals surface area contributed by atoms with Crippen LogP contribution in [0.3, 0.4) is 0 Å². The van der Waals surface area contributed by atoms with Gasteiger partial charge in [0.05, 0.1) is 12.5 Å². The molecular weight excluding hydrogens is 282 g/mol. The smallest absolute Gasteiger partial charge is 0.197 e. The lowest BCUT2D eigenvalue weighted by Gasteiger charge is -2.47. The first-order valence-electron chi connectivity index (χ1n) is 7.55. The van der Waals surface area contributed by atoms with Gasteiger partial charge in [-0.2, -0.15) is 0 Å². The first-order chi connectivity index (χ1) is 10.5. The minimum Gasteiger partial charge on any atom is -0.493 e. The highest BCUT2D eigenvalue weighted by Crippen LogP contribution is 2.63. The Balaban J connectivity index is 1.90. The van der Waals surface area contributed by atoms with E-state index in [0.29, 0.717) is 18.0 Å². The van der Waals surface area contributed by atoms with Gasteiger partial charge in [0.1, 0.15) is 5.60 Å². The van der Waals surface area contributed by atoms with E-state index in [4.69, 9.17) is 9.47 Å². The topological polar surface area (TPSA) is 59.0 Å². The summed E-state index contributed by atoms with van der Waals surface area (Å²) < 4.78 is 11.5. The summed E-state index contributed by atoms with van der Waals surface area (Å²) in [7, 11) is 3.60. The number of methoxy groups -OCH3 is 1. The van der Waals surface area contributed by atoms with Gasteiger partial charge in [-0.05, 0) is 37.3 Å². The van der Waals surface area contributed by atoms with Crippen molar-refractivity contribution >= 4 is 5.78 Å². The average molecular weight is 299 g/mol. The summed E-state index contributed by atoms with van der Waals surface area (Å²) in [6.45, 7) is 0.613. The summed E-state index contributed by atoms with van der Waals surface area (Å²) in [5.74, 6) is 1.18. The van der Waals surface area contributed by atoms with Gasteiger partial charge in [-0.1, -0.05) is 6.07 Å². The number of rotatable bonds is 1. The normalized spacial score (nSPS) is 40.6. The minimum absolute atomic E-state index is 0.0326. The van der Waals surface area contributed by atoms with E-state index in [1.54, 1.807) is 13.2 Å². The molecule has 1 spiro atoms. The Morgan fingerprint density at radius 3 is 3.05 bits per heavy atom. The quantitative estimate of drug-likeness (QED) is 0.815. The molecule has 5 nitrogen and oxygen atoms in total. The molecule has 0 unspecified atom stereocenters. The van der Waals surface area contributed by atoms with Crippen molar-refractivity contribution in [3.8, 4) is 11.5 Å². The number of ether oxygens (including phenoxy) is 2. The van der Waals surface area contributed by atoms with Gasteiger partial charge in [0.2, 0.25) is 0 Å². The van der Waals surface area contributed by atoms with Gasteiger partial charge in [0.25, 0.3) is 0 Å². The average Bonchev–Trinajstić information content (AvgIpc) is 2.90. The van der Waals surface area contributed by atoms with Crippen molar-refractivity contribution in [3.05, 3.63) is 35.4 Å². The third kappa shape index (κ3) is 1.05. The molecule has 1 aromatic carbocycles. The number of likely N-dealkylation sites (tertiary alicyclic amines) is 1. The van der Waals surface area contributed by atoms with Crippen molar-refractivity contribution in [2.24, 2.45) is 0 Å². The predicted octanol–water partition coefficient (Wildman–Crippen LogP) is 0.434. The van der Waals surface area contributed by atoms with Gasteiger partial charge in [0.15, 0.2) is 23.4 Å². The number of carbonyl (C=O) groups is 1. The van der Waals surface area contributed by atoms with Crippen LogP contribution in [0, 0.1) is 0 Å². The van der Waals surface area contributed by atoms with E-state index < -0.39 is 17.1 Å². The highest BCUT2D eigenvalue weighted by atomic mass is 16.5. The molecule has 2 aliphatic carbocycles. The fourth-order valence-corrected chi connectivity index (χ4v) is 5.10. The molecule has 0 saturated carbocycles. The molecule has 5 rings (SSSR count). The van der Waals surface area contributed by atoms with E-state index in [2.05, 4.69) is 4.90 Å². The lowest BCUT2D eigenvalue weighted by atomic mass is 9.57. The Labute approximate surface area is 128 Å². The second kappa shape index (κ2) is 3.55. The summed E-state index contributed by atoms with van der Waals surface area (Å²) in [4.78, 5) is 14.6. The van der Waals surface area contributed by atoms with Crippen LogP contribution in [-0.2, 0) is 16.6 Å². The highest BCUT2D eigenvalue weighted by molar-refractivity contribution is 5.99. The maximum absolute atomic E-state index is 12.5. The Morgan fingerprint density at radius 1 is 1.45 bits per heavy atom. The third-order valence-corrected chi connectivity index (χ3v) is 5.98. The zero-order valence-electron chi connectivity index (χ0n) is 12.5. The zero-order chi connectivity index (χ0) is 15.3. The maximum Gasteiger partial charge on any atom is 0.197 e. The Hall–Kier alpha value is -1.85. The number of nitrogens with zero attached hydrogens (tertiary/aromatic N) is 1. The summed E-state index contributed by atoms with van der Waals surface area (Å²) in [5, 5.41) is 11.5. The SMILES string of the molecule is COc1ccc2c3c1O[C@H]1C(=O)C=C[C@@]4(O)[C@@H](C2)N(C)C[C@]314. The fraction of sp³-hybridized carbons (Fsp3) is 0.471. The molecule has 0 aromatic heterocycles. The molecule has 0 radical (unpaired) electrons. The van der Waals surface area contributed by atoms with Crippen molar-refractivity contribution in [3.63, 3.8) is 0 Å². The van der Waals surface area contributed by atoms with E-state index >= 15 is 0 Å². The van der Waals surface area contributed by atoms with Crippen molar-refractivity contribution in [2.75, 3.05) is 20.7 Å². The summed E-state index contributed by atoms with van der Waals surface area (Å²) in [6.07, 6.45) is 3.26. The van der Waals surface area contributed by atoms with E-state index in [1.807, 2.05) is 19.2 Å². The van der Waals surface area contributed by atoms with Crippen LogP contribution in [0.2, 0.25) is 0 Å². The molecule has 1 N–H and O–H groups in total. The van der Waals surface area contributed by atoms with Crippen LogP contribution in [-0.4, -0.2) is 54.2 Å². The van der Waals surface area contributed by atoms with Crippen LogP contribution in [0.25, 0.3) is 0 Å². The largest absolute Gasteiger partial charge is 0.493 e. The van der Waals surface area contributed by atoms with Gasteiger partial charge in [0, 0.05) is 18.2 Å². The van der Waals surface area contributed by atoms with Gasteiger partial charge >= 0.3 is 0 Å². The summed E-state index contributed by atoms with van der Waals surface area (Å²) >= 11 is 0. The number of likely N-dealkylation sites (N-methyl/N-ethyl adjacent to an activating group) is 1. The van der Waals surface area contributed by atoms with Gasteiger partial charge < -0.3 is 14.6 Å². The number of aliphatic hydroxyl groups is 1. The van der Waals surface area contributed by atoms with E-state index in [1.165, 1.54) is 6.08 Å². The van der Waals surface area contributed by atoms with Crippen LogP contribution in [0.15, 0.2) is 24.3 Å². The standard InChI is InChI=1S/C17H17NO4/c1-18-8-16-13-9-3-4-11(21-2)14(13)22-15(16)10(19)5-6-17(16,20)12(18)7-9/h3-6,12,15,20H,7-8H2,1-2H3/t12-,15+,16+,17-/m1/s1. The van der Waals surface area contributed by atoms with Crippen molar-refractivity contribution in [1.29, 1.82) is 0 Å². The summed E-state index contributed by atoms with van der Waals surface area (Å²) in [5.41, 5.74) is 0.346. The molecule has 4 aliphatic rings. The molecule has 5 heteroatoms. The lowest BCUT2D eigenvalue weighted by molar-refractivity contribution is -0.129. The second-order valence-electron chi connectivity index (χ2n) is 6.80. The fourth-order valence-electron chi connectivity index (χ4n) is 5.10. The molecule has 4 atom stereocenters. The van der Waals surface area contributed by atoms with Crippen LogP contribution >= 0.6 is 0 Å². The maximum atomic E-state index is 12.5. The van der Waals surface area contributed by atoms with Gasteiger partial charge in [-0.15, -0.1) is 0 Å². The van der Waals surface area contributed by atoms with Crippen LogP contribution in [0.1, 0.15) is 11.1 Å². The number of hydrogen-bond donors (Lipinski definition) is 1. The number of hydrogen-bond acceptors (Lipinski definition) is 5. The molecule has 114 valence electrons. The first kappa shape index (κ1) is 12.7. The van der Waals surface area contributed by atoms with E-state index in [9.17, 15) is 9.90 Å². The van der Waals surface area contributed by atoms with Crippen molar-refractivity contribution in [2.45, 2.75) is 29.6 Å². The molecule has 1 fully saturated rings. The Bertz CT molecular complexity index is 757. The molecule has 1 aromatic rings. The Morgan fingerprint density at radius 2 is 2.27 bits per heavy atom. The Kier molecular flexibility index (Phi) is 2.04. The van der Waals surface area contributed by atoms with Gasteiger partial charge in [-0.25, -0.2) is 0 Å². The van der Waals surface area contributed by atoms with E-state index in [-0.39, 0.29) is 11.8 Å². The van der Waals surface area contributed by atoms with Crippen LogP contribution in [0.4, 0.5) is 0 Å². The van der Waals surface area contributed by atoms with Crippen molar-refractivity contribution in [1.82, 2.24) is 4.90 Å².